The van der Waals surface area contributed by atoms with Crippen LogP contribution >= 0.6 is 0 Å². The lowest BCUT2D eigenvalue weighted by molar-refractivity contribution is 0.0889. The molecule has 3 atom stereocenters. The number of rotatable bonds is 2. The highest BCUT2D eigenvalue weighted by atomic mass is 16.5. The first-order chi connectivity index (χ1) is 8.83. The molecule has 3 rings (SSSR count). The van der Waals surface area contributed by atoms with E-state index in [-0.39, 0.29) is 6.10 Å². The summed E-state index contributed by atoms with van der Waals surface area (Å²) in [7, 11) is 0. The topological polar surface area (TPSA) is 57.9 Å². The summed E-state index contributed by atoms with van der Waals surface area (Å²) in [5, 5.41) is 12.5. The summed E-state index contributed by atoms with van der Waals surface area (Å²) in [6.07, 6.45) is 7.81. The van der Waals surface area contributed by atoms with E-state index in [1.165, 1.54) is 19.3 Å². The molecule has 1 aromatic rings. The van der Waals surface area contributed by atoms with Crippen molar-refractivity contribution in [2.75, 3.05) is 0 Å². The van der Waals surface area contributed by atoms with Crippen LogP contribution in [0, 0.1) is 11.3 Å². The second-order valence-electron chi connectivity index (χ2n) is 5.20. The standard InChI is InChI=1S/C14H17N3O/c15-9-10-4-5-16-14(6-10)18-13-7-11-2-1-3-12(8-13)17-11/h4-6,11-13,17H,1-3,7-8H2/t11-,12+,13?. The van der Waals surface area contributed by atoms with E-state index in [4.69, 9.17) is 10.00 Å². The van der Waals surface area contributed by atoms with Crippen molar-refractivity contribution in [3.05, 3.63) is 23.9 Å². The monoisotopic (exact) mass is 243 g/mol. The molecule has 1 N–H and O–H groups in total. The molecule has 2 bridgehead atoms. The van der Waals surface area contributed by atoms with Gasteiger partial charge in [-0.25, -0.2) is 4.98 Å². The van der Waals surface area contributed by atoms with E-state index in [0.717, 1.165) is 12.8 Å². The predicted octanol–water partition coefficient (Wildman–Crippen LogP) is 2.01. The van der Waals surface area contributed by atoms with Crippen LogP contribution in [0.15, 0.2) is 18.3 Å². The van der Waals surface area contributed by atoms with Crippen LogP contribution in [-0.2, 0) is 0 Å². The van der Waals surface area contributed by atoms with Crippen molar-refractivity contribution >= 4 is 0 Å². The number of fused-ring (bicyclic) bond motifs is 2. The third-order valence-corrected chi connectivity index (χ3v) is 3.82. The molecular weight excluding hydrogens is 226 g/mol. The van der Waals surface area contributed by atoms with E-state index in [0.29, 0.717) is 23.5 Å². The fourth-order valence-corrected chi connectivity index (χ4v) is 3.02. The van der Waals surface area contributed by atoms with E-state index in [1.54, 1.807) is 18.3 Å². The molecule has 18 heavy (non-hydrogen) atoms. The lowest BCUT2D eigenvalue weighted by Crippen LogP contribution is -2.51. The van der Waals surface area contributed by atoms with Gasteiger partial charge in [-0.3, -0.25) is 0 Å². The van der Waals surface area contributed by atoms with Gasteiger partial charge in [-0.2, -0.15) is 5.26 Å². The average molecular weight is 243 g/mol. The van der Waals surface area contributed by atoms with Gasteiger partial charge in [-0.05, 0) is 31.7 Å². The van der Waals surface area contributed by atoms with Gasteiger partial charge in [0.15, 0.2) is 0 Å². The fraction of sp³-hybridized carbons (Fsp3) is 0.571. The lowest BCUT2D eigenvalue weighted by atomic mass is 9.85. The number of aromatic nitrogens is 1. The van der Waals surface area contributed by atoms with Crippen molar-refractivity contribution in [1.29, 1.82) is 5.26 Å². The summed E-state index contributed by atoms with van der Waals surface area (Å²) in [5.74, 6) is 0.582. The van der Waals surface area contributed by atoms with Crippen molar-refractivity contribution in [2.45, 2.75) is 50.3 Å². The lowest BCUT2D eigenvalue weighted by Gasteiger charge is -2.40. The number of ether oxygens (including phenoxy) is 1. The van der Waals surface area contributed by atoms with Crippen molar-refractivity contribution < 1.29 is 4.74 Å². The Morgan fingerprint density at radius 1 is 1.33 bits per heavy atom. The van der Waals surface area contributed by atoms with E-state index in [1.807, 2.05) is 0 Å². The highest BCUT2D eigenvalue weighted by molar-refractivity contribution is 5.31. The first-order valence-corrected chi connectivity index (χ1v) is 6.62. The molecular formula is C14H17N3O. The molecule has 1 unspecified atom stereocenters. The molecule has 4 nitrogen and oxygen atoms in total. The van der Waals surface area contributed by atoms with Gasteiger partial charge >= 0.3 is 0 Å². The molecule has 2 aliphatic heterocycles. The van der Waals surface area contributed by atoms with E-state index in [9.17, 15) is 0 Å². The van der Waals surface area contributed by atoms with E-state index >= 15 is 0 Å². The van der Waals surface area contributed by atoms with Gasteiger partial charge in [0, 0.05) is 24.3 Å². The SMILES string of the molecule is N#Cc1ccnc(OC2C[C@H]3CCC[C@@H](C2)N3)c1. The number of piperidine rings is 2. The van der Waals surface area contributed by atoms with Gasteiger partial charge in [0.1, 0.15) is 6.10 Å². The van der Waals surface area contributed by atoms with Gasteiger partial charge in [-0.15, -0.1) is 0 Å². The maximum Gasteiger partial charge on any atom is 0.214 e. The Hall–Kier alpha value is -1.60. The molecule has 3 heterocycles. The van der Waals surface area contributed by atoms with Crippen LogP contribution in [-0.4, -0.2) is 23.2 Å². The number of hydrogen-bond donors (Lipinski definition) is 1. The Bertz CT molecular complexity index is 456. The van der Waals surface area contributed by atoms with Gasteiger partial charge in [-0.1, -0.05) is 6.42 Å². The first kappa shape index (κ1) is 11.5. The first-order valence-electron chi connectivity index (χ1n) is 6.62. The minimum atomic E-state index is 0.239. The summed E-state index contributed by atoms with van der Waals surface area (Å²) in [4.78, 5) is 4.18. The summed E-state index contributed by atoms with van der Waals surface area (Å²) in [6, 6.07) is 6.73. The minimum Gasteiger partial charge on any atom is -0.474 e. The zero-order valence-electron chi connectivity index (χ0n) is 10.3. The molecule has 1 aromatic heterocycles. The molecule has 94 valence electrons. The average Bonchev–Trinajstić information content (AvgIpc) is 2.38. The van der Waals surface area contributed by atoms with Gasteiger partial charge in [0.05, 0.1) is 11.6 Å². The maximum absolute atomic E-state index is 8.86. The number of pyridine rings is 1. The Balaban J connectivity index is 1.67. The van der Waals surface area contributed by atoms with Crippen LogP contribution in [0.25, 0.3) is 0 Å². The Morgan fingerprint density at radius 3 is 2.83 bits per heavy atom. The van der Waals surface area contributed by atoms with Gasteiger partial charge in [0.25, 0.3) is 0 Å². The van der Waals surface area contributed by atoms with Crippen LogP contribution < -0.4 is 10.1 Å². The zero-order valence-corrected chi connectivity index (χ0v) is 10.3. The highest BCUT2D eigenvalue weighted by Gasteiger charge is 2.32. The largest absolute Gasteiger partial charge is 0.474 e. The molecule has 0 radical (unpaired) electrons. The van der Waals surface area contributed by atoms with Crippen molar-refractivity contribution in [1.82, 2.24) is 10.3 Å². The van der Waals surface area contributed by atoms with Crippen LogP contribution in [0.3, 0.4) is 0 Å². The number of nitrogens with one attached hydrogen (secondary N) is 1. The normalized spacial score (nSPS) is 30.5. The smallest absolute Gasteiger partial charge is 0.214 e. The molecule has 4 heteroatoms. The molecule has 0 aromatic carbocycles. The van der Waals surface area contributed by atoms with Gasteiger partial charge < -0.3 is 10.1 Å². The summed E-state index contributed by atoms with van der Waals surface area (Å²) in [5.41, 5.74) is 0.606. The molecule has 2 fully saturated rings. The highest BCUT2D eigenvalue weighted by Crippen LogP contribution is 2.28. The minimum absolute atomic E-state index is 0.239. The Morgan fingerprint density at radius 2 is 2.11 bits per heavy atom. The molecule has 2 aliphatic rings. The van der Waals surface area contributed by atoms with E-state index in [2.05, 4.69) is 16.4 Å². The number of nitriles is 1. The van der Waals surface area contributed by atoms with Crippen molar-refractivity contribution in [3.63, 3.8) is 0 Å². The second kappa shape index (κ2) is 4.95. The van der Waals surface area contributed by atoms with Crippen LogP contribution in [0.1, 0.15) is 37.7 Å². The Kier molecular flexibility index (Phi) is 3.16. The third-order valence-electron chi connectivity index (χ3n) is 3.82. The van der Waals surface area contributed by atoms with Gasteiger partial charge in [0.2, 0.25) is 5.88 Å². The number of hydrogen-bond acceptors (Lipinski definition) is 4. The van der Waals surface area contributed by atoms with Crippen LogP contribution in [0.5, 0.6) is 5.88 Å². The summed E-state index contributed by atoms with van der Waals surface area (Å²) < 4.78 is 5.93. The quantitative estimate of drug-likeness (QED) is 0.863. The molecule has 0 saturated carbocycles. The second-order valence-corrected chi connectivity index (χ2v) is 5.20. The molecule has 0 amide bonds. The summed E-state index contributed by atoms with van der Waals surface area (Å²) in [6.45, 7) is 0. The molecule has 0 aliphatic carbocycles. The Labute approximate surface area is 107 Å². The van der Waals surface area contributed by atoms with Crippen molar-refractivity contribution in [2.24, 2.45) is 0 Å². The number of nitrogens with zero attached hydrogens (tertiary/aromatic N) is 2. The van der Waals surface area contributed by atoms with E-state index < -0.39 is 0 Å². The fourth-order valence-electron chi connectivity index (χ4n) is 3.02. The molecule has 2 saturated heterocycles. The summed E-state index contributed by atoms with van der Waals surface area (Å²) >= 11 is 0. The van der Waals surface area contributed by atoms with Crippen LogP contribution in [0.4, 0.5) is 0 Å². The third kappa shape index (κ3) is 2.46. The maximum atomic E-state index is 8.86. The predicted molar refractivity (Wildman–Crippen MR) is 67.2 cm³/mol. The zero-order chi connectivity index (χ0) is 12.4. The molecule has 0 spiro atoms. The van der Waals surface area contributed by atoms with Crippen LogP contribution in [0.2, 0.25) is 0 Å². The van der Waals surface area contributed by atoms with Crippen molar-refractivity contribution in [3.8, 4) is 11.9 Å².